The topological polar surface area (TPSA) is 45.8 Å². The zero-order chi connectivity index (χ0) is 16.5. The molecule has 0 radical (unpaired) electrons. The standard InChI is InChI=1S/C21H16N2O/c1-14-10-11-18-19(12-14)22-20(23-21(18)24)17-9-5-8-16(13-17)15-6-3-2-4-7-15/h2-13H,1H3,(H,22,23,24). The smallest absolute Gasteiger partial charge is 0.259 e. The maximum absolute atomic E-state index is 12.3. The van der Waals surface area contributed by atoms with E-state index in [1.165, 1.54) is 0 Å². The molecule has 0 atom stereocenters. The number of benzene rings is 3. The highest BCUT2D eigenvalue weighted by Crippen LogP contribution is 2.24. The van der Waals surface area contributed by atoms with E-state index < -0.39 is 0 Å². The van der Waals surface area contributed by atoms with Crippen molar-refractivity contribution in [2.24, 2.45) is 0 Å². The van der Waals surface area contributed by atoms with Gasteiger partial charge in [0.15, 0.2) is 0 Å². The number of fused-ring (bicyclic) bond motifs is 1. The van der Waals surface area contributed by atoms with Gasteiger partial charge < -0.3 is 4.98 Å². The zero-order valence-corrected chi connectivity index (χ0v) is 13.3. The molecule has 0 saturated carbocycles. The fourth-order valence-corrected chi connectivity index (χ4v) is 2.86. The number of aryl methyl sites for hydroxylation is 1. The van der Waals surface area contributed by atoms with Crippen molar-refractivity contribution in [3.63, 3.8) is 0 Å². The molecule has 0 aliphatic heterocycles. The van der Waals surface area contributed by atoms with Gasteiger partial charge in [0.25, 0.3) is 5.56 Å². The first kappa shape index (κ1) is 14.4. The average molecular weight is 312 g/mol. The molecule has 4 aromatic rings. The van der Waals surface area contributed by atoms with Crippen molar-refractivity contribution < 1.29 is 0 Å². The van der Waals surface area contributed by atoms with Crippen LogP contribution in [0.15, 0.2) is 77.6 Å². The normalized spacial score (nSPS) is 10.9. The summed E-state index contributed by atoms with van der Waals surface area (Å²) in [6.07, 6.45) is 0. The Morgan fingerprint density at radius 2 is 1.54 bits per heavy atom. The third kappa shape index (κ3) is 2.61. The van der Waals surface area contributed by atoms with Gasteiger partial charge in [0, 0.05) is 5.56 Å². The third-order valence-corrected chi connectivity index (χ3v) is 4.11. The fraction of sp³-hybridized carbons (Fsp3) is 0.0476. The van der Waals surface area contributed by atoms with Gasteiger partial charge in [-0.1, -0.05) is 54.6 Å². The van der Waals surface area contributed by atoms with Crippen LogP contribution >= 0.6 is 0 Å². The van der Waals surface area contributed by atoms with E-state index in [1.807, 2.05) is 55.5 Å². The zero-order valence-electron chi connectivity index (χ0n) is 13.3. The molecule has 3 nitrogen and oxygen atoms in total. The number of nitrogens with zero attached hydrogens (tertiary/aromatic N) is 1. The van der Waals surface area contributed by atoms with E-state index in [9.17, 15) is 4.79 Å². The van der Waals surface area contributed by atoms with Gasteiger partial charge >= 0.3 is 0 Å². The molecule has 0 spiro atoms. The highest BCUT2D eigenvalue weighted by Gasteiger charge is 2.07. The number of hydrogen-bond donors (Lipinski definition) is 1. The summed E-state index contributed by atoms with van der Waals surface area (Å²) in [5, 5.41) is 0.614. The van der Waals surface area contributed by atoms with E-state index >= 15 is 0 Å². The Hall–Kier alpha value is -3.20. The second kappa shape index (κ2) is 5.78. The maximum Gasteiger partial charge on any atom is 0.259 e. The number of nitrogens with one attached hydrogen (secondary N) is 1. The van der Waals surface area contributed by atoms with E-state index in [4.69, 9.17) is 0 Å². The Balaban J connectivity index is 1.87. The van der Waals surface area contributed by atoms with E-state index in [0.717, 1.165) is 27.8 Å². The molecule has 0 fully saturated rings. The predicted octanol–water partition coefficient (Wildman–Crippen LogP) is 4.57. The van der Waals surface area contributed by atoms with Crippen molar-refractivity contribution in [1.82, 2.24) is 9.97 Å². The van der Waals surface area contributed by atoms with Crippen LogP contribution in [0.5, 0.6) is 0 Å². The molecule has 24 heavy (non-hydrogen) atoms. The molecule has 3 aromatic carbocycles. The Bertz CT molecular complexity index is 1080. The van der Waals surface area contributed by atoms with Gasteiger partial charge in [0.2, 0.25) is 0 Å². The Morgan fingerprint density at radius 3 is 2.38 bits per heavy atom. The number of rotatable bonds is 2. The lowest BCUT2D eigenvalue weighted by Gasteiger charge is -2.07. The summed E-state index contributed by atoms with van der Waals surface area (Å²) in [6.45, 7) is 2.00. The molecule has 0 aliphatic rings. The molecule has 0 aliphatic carbocycles. The molecule has 0 amide bonds. The molecular formula is C21H16N2O. The van der Waals surface area contributed by atoms with Crippen molar-refractivity contribution in [3.05, 3.63) is 88.7 Å². The van der Waals surface area contributed by atoms with E-state index in [0.29, 0.717) is 11.2 Å². The molecule has 0 unspecified atom stereocenters. The number of hydrogen-bond acceptors (Lipinski definition) is 2. The van der Waals surface area contributed by atoms with Gasteiger partial charge in [-0.25, -0.2) is 4.98 Å². The SMILES string of the molecule is Cc1ccc2c(=O)[nH]c(-c3cccc(-c4ccccc4)c3)nc2c1. The van der Waals surface area contributed by atoms with Crippen LogP contribution in [-0.2, 0) is 0 Å². The van der Waals surface area contributed by atoms with Crippen LogP contribution in [0.2, 0.25) is 0 Å². The van der Waals surface area contributed by atoms with Gasteiger partial charge in [-0.2, -0.15) is 0 Å². The molecule has 3 heteroatoms. The molecule has 0 bridgehead atoms. The third-order valence-electron chi connectivity index (χ3n) is 4.11. The quantitative estimate of drug-likeness (QED) is 0.589. The molecule has 1 N–H and O–H groups in total. The van der Waals surface area contributed by atoms with Crippen molar-refractivity contribution in [3.8, 4) is 22.5 Å². The summed E-state index contributed by atoms with van der Waals surface area (Å²) in [6, 6.07) is 23.9. The molecule has 1 heterocycles. The second-order valence-corrected chi connectivity index (χ2v) is 5.88. The predicted molar refractivity (Wildman–Crippen MR) is 98.0 cm³/mol. The van der Waals surface area contributed by atoms with Crippen LogP contribution in [0, 0.1) is 6.92 Å². The van der Waals surface area contributed by atoms with Gasteiger partial charge in [0.05, 0.1) is 10.9 Å². The first-order valence-electron chi connectivity index (χ1n) is 7.87. The summed E-state index contributed by atoms with van der Waals surface area (Å²) >= 11 is 0. The minimum absolute atomic E-state index is 0.111. The lowest BCUT2D eigenvalue weighted by molar-refractivity contribution is 1.18. The van der Waals surface area contributed by atoms with Crippen LogP contribution in [0.25, 0.3) is 33.4 Å². The average Bonchev–Trinajstić information content (AvgIpc) is 2.62. The Morgan fingerprint density at radius 1 is 0.792 bits per heavy atom. The van der Waals surface area contributed by atoms with Crippen molar-refractivity contribution >= 4 is 10.9 Å². The van der Waals surface area contributed by atoms with Crippen LogP contribution in [0.4, 0.5) is 0 Å². The number of H-pyrrole nitrogens is 1. The first-order valence-corrected chi connectivity index (χ1v) is 7.87. The monoisotopic (exact) mass is 312 g/mol. The van der Waals surface area contributed by atoms with Crippen molar-refractivity contribution in [2.75, 3.05) is 0 Å². The minimum atomic E-state index is -0.111. The number of aromatic nitrogens is 2. The lowest BCUT2D eigenvalue weighted by atomic mass is 10.0. The van der Waals surface area contributed by atoms with Crippen LogP contribution in [0.1, 0.15) is 5.56 Å². The maximum atomic E-state index is 12.3. The number of aromatic amines is 1. The summed E-state index contributed by atoms with van der Waals surface area (Å²) < 4.78 is 0. The van der Waals surface area contributed by atoms with Gasteiger partial charge in [-0.05, 0) is 41.8 Å². The Kier molecular flexibility index (Phi) is 3.47. The summed E-state index contributed by atoms with van der Waals surface area (Å²) in [5.74, 6) is 0.593. The summed E-state index contributed by atoms with van der Waals surface area (Å²) in [5.41, 5.74) is 4.83. The van der Waals surface area contributed by atoms with Crippen LogP contribution in [0.3, 0.4) is 0 Å². The largest absolute Gasteiger partial charge is 0.306 e. The van der Waals surface area contributed by atoms with E-state index in [2.05, 4.69) is 34.2 Å². The first-order chi connectivity index (χ1) is 11.7. The molecule has 4 rings (SSSR count). The molecule has 1 aromatic heterocycles. The highest BCUT2D eigenvalue weighted by molar-refractivity contribution is 5.80. The summed E-state index contributed by atoms with van der Waals surface area (Å²) in [4.78, 5) is 19.9. The lowest BCUT2D eigenvalue weighted by Crippen LogP contribution is -2.09. The van der Waals surface area contributed by atoms with Crippen molar-refractivity contribution in [2.45, 2.75) is 6.92 Å². The minimum Gasteiger partial charge on any atom is -0.306 e. The second-order valence-electron chi connectivity index (χ2n) is 5.88. The van der Waals surface area contributed by atoms with Crippen molar-refractivity contribution in [1.29, 1.82) is 0 Å². The van der Waals surface area contributed by atoms with Crippen LogP contribution in [-0.4, -0.2) is 9.97 Å². The van der Waals surface area contributed by atoms with Crippen LogP contribution < -0.4 is 5.56 Å². The fourth-order valence-electron chi connectivity index (χ4n) is 2.86. The van der Waals surface area contributed by atoms with Gasteiger partial charge in [0.1, 0.15) is 5.82 Å². The van der Waals surface area contributed by atoms with Gasteiger partial charge in [-0.3, -0.25) is 4.79 Å². The van der Waals surface area contributed by atoms with Gasteiger partial charge in [-0.15, -0.1) is 0 Å². The van der Waals surface area contributed by atoms with E-state index in [1.54, 1.807) is 0 Å². The molecular weight excluding hydrogens is 296 g/mol. The highest BCUT2D eigenvalue weighted by atomic mass is 16.1. The Labute approximate surface area is 139 Å². The molecule has 116 valence electrons. The van der Waals surface area contributed by atoms with E-state index in [-0.39, 0.29) is 5.56 Å². The molecule has 0 saturated heterocycles. The summed E-state index contributed by atoms with van der Waals surface area (Å²) in [7, 11) is 0.